The minimum Gasteiger partial charge on any atom is -0.497 e. The van der Waals surface area contributed by atoms with Crippen molar-refractivity contribution in [2.24, 2.45) is 0 Å². The second-order valence-corrected chi connectivity index (χ2v) is 10.7. The van der Waals surface area contributed by atoms with Crippen LogP contribution in [0.1, 0.15) is 21.5 Å². The highest BCUT2D eigenvalue weighted by Gasteiger charge is 2.40. The SMILES string of the molecule is COc1ccc(N2C(=O)C(Nc3ccc(C)c(C)c3)=C(Sc3ccc(NC(=O)c4cccc(OC)c4)cc3)C2=O)cc1. The van der Waals surface area contributed by atoms with Crippen LogP contribution in [-0.2, 0) is 9.59 Å². The van der Waals surface area contributed by atoms with E-state index < -0.39 is 11.8 Å². The number of carbonyl (C=O) groups excluding carboxylic acids is 3. The third-order valence-electron chi connectivity index (χ3n) is 6.81. The van der Waals surface area contributed by atoms with Crippen molar-refractivity contribution in [2.45, 2.75) is 18.7 Å². The van der Waals surface area contributed by atoms with Gasteiger partial charge < -0.3 is 20.1 Å². The van der Waals surface area contributed by atoms with Crippen molar-refractivity contribution in [1.82, 2.24) is 0 Å². The lowest BCUT2D eigenvalue weighted by molar-refractivity contribution is -0.120. The number of carbonyl (C=O) groups is 3. The van der Waals surface area contributed by atoms with Gasteiger partial charge in [0.1, 0.15) is 22.1 Å². The third kappa shape index (κ3) is 6.01. The number of thioether (sulfide) groups is 1. The van der Waals surface area contributed by atoms with Gasteiger partial charge in [0.2, 0.25) is 0 Å². The second kappa shape index (κ2) is 12.2. The van der Waals surface area contributed by atoms with Crippen molar-refractivity contribution in [3.05, 3.63) is 118 Å². The Hall–Kier alpha value is -5.02. The van der Waals surface area contributed by atoms with Gasteiger partial charge in [0.15, 0.2) is 0 Å². The van der Waals surface area contributed by atoms with Gasteiger partial charge in [-0.15, -0.1) is 0 Å². The van der Waals surface area contributed by atoms with Crippen molar-refractivity contribution in [3.8, 4) is 11.5 Å². The molecule has 42 heavy (non-hydrogen) atoms. The van der Waals surface area contributed by atoms with Crippen LogP contribution in [0.5, 0.6) is 11.5 Å². The molecule has 212 valence electrons. The van der Waals surface area contributed by atoms with Crippen LogP contribution in [0.4, 0.5) is 17.1 Å². The van der Waals surface area contributed by atoms with Crippen LogP contribution >= 0.6 is 11.8 Å². The molecule has 0 aliphatic carbocycles. The molecule has 0 aromatic heterocycles. The fourth-order valence-electron chi connectivity index (χ4n) is 4.34. The number of amides is 3. The number of methoxy groups -OCH3 is 2. The molecule has 1 heterocycles. The summed E-state index contributed by atoms with van der Waals surface area (Å²) in [5.74, 6) is 0.0494. The topological polar surface area (TPSA) is 97.0 Å². The summed E-state index contributed by atoms with van der Waals surface area (Å²) in [6.07, 6.45) is 0. The minimum atomic E-state index is -0.451. The highest BCUT2D eigenvalue weighted by Crippen LogP contribution is 2.38. The van der Waals surface area contributed by atoms with Gasteiger partial charge in [0.05, 0.1) is 19.9 Å². The summed E-state index contributed by atoms with van der Waals surface area (Å²) < 4.78 is 10.4. The van der Waals surface area contributed by atoms with Gasteiger partial charge in [-0.1, -0.05) is 23.9 Å². The maximum Gasteiger partial charge on any atom is 0.283 e. The first-order valence-electron chi connectivity index (χ1n) is 13.1. The van der Waals surface area contributed by atoms with Gasteiger partial charge in [-0.25, -0.2) is 4.90 Å². The van der Waals surface area contributed by atoms with Crippen molar-refractivity contribution in [2.75, 3.05) is 29.8 Å². The molecule has 0 radical (unpaired) electrons. The van der Waals surface area contributed by atoms with Gasteiger partial charge in [0.25, 0.3) is 17.7 Å². The first-order valence-corrected chi connectivity index (χ1v) is 13.9. The maximum absolute atomic E-state index is 13.7. The van der Waals surface area contributed by atoms with E-state index in [9.17, 15) is 14.4 Å². The summed E-state index contributed by atoms with van der Waals surface area (Å²) in [5.41, 5.74) is 4.58. The number of hydrogen-bond acceptors (Lipinski definition) is 7. The molecule has 9 heteroatoms. The maximum atomic E-state index is 13.7. The molecular weight excluding hydrogens is 550 g/mol. The molecule has 2 N–H and O–H groups in total. The largest absolute Gasteiger partial charge is 0.497 e. The van der Waals surface area contributed by atoms with Crippen LogP contribution in [0.3, 0.4) is 0 Å². The number of nitrogens with one attached hydrogen (secondary N) is 2. The zero-order valence-corrected chi connectivity index (χ0v) is 24.4. The Morgan fingerprint density at radius 1 is 0.738 bits per heavy atom. The average molecular weight is 580 g/mol. The zero-order valence-electron chi connectivity index (χ0n) is 23.6. The molecule has 0 spiro atoms. The van der Waals surface area contributed by atoms with E-state index in [4.69, 9.17) is 9.47 Å². The van der Waals surface area contributed by atoms with E-state index in [1.54, 1.807) is 87.0 Å². The molecule has 4 aromatic carbocycles. The predicted molar refractivity (Wildman–Crippen MR) is 165 cm³/mol. The van der Waals surface area contributed by atoms with E-state index >= 15 is 0 Å². The third-order valence-corrected chi connectivity index (χ3v) is 7.90. The number of anilines is 3. The normalized spacial score (nSPS) is 12.9. The molecule has 0 saturated heterocycles. The summed E-state index contributed by atoms with van der Waals surface area (Å²) >= 11 is 1.18. The van der Waals surface area contributed by atoms with Crippen LogP contribution < -0.4 is 25.0 Å². The molecule has 3 amide bonds. The summed E-state index contributed by atoms with van der Waals surface area (Å²) in [6, 6.07) is 26.5. The number of aryl methyl sites for hydroxylation is 2. The number of hydrogen-bond donors (Lipinski definition) is 2. The molecule has 0 saturated carbocycles. The summed E-state index contributed by atoms with van der Waals surface area (Å²) in [6.45, 7) is 4.00. The van der Waals surface area contributed by atoms with Crippen LogP contribution in [-0.4, -0.2) is 31.9 Å². The fourth-order valence-corrected chi connectivity index (χ4v) is 5.26. The highest BCUT2D eigenvalue weighted by molar-refractivity contribution is 8.04. The lowest BCUT2D eigenvalue weighted by Gasteiger charge is -2.16. The van der Waals surface area contributed by atoms with Crippen LogP contribution in [0.15, 0.2) is 106 Å². The van der Waals surface area contributed by atoms with E-state index in [1.165, 1.54) is 11.8 Å². The van der Waals surface area contributed by atoms with Crippen molar-refractivity contribution < 1.29 is 23.9 Å². The molecule has 0 bridgehead atoms. The van der Waals surface area contributed by atoms with E-state index in [2.05, 4.69) is 10.6 Å². The standard InChI is InChI=1S/C33H29N3O5S/c1-20-8-9-24(18-21(20)2)34-29-30(33(39)36(32(29)38)25-12-14-26(40-3)15-13-25)42-28-16-10-23(11-17-28)35-31(37)22-6-5-7-27(19-22)41-4/h5-19,34H,1-4H3,(H,35,37). The molecule has 1 aliphatic rings. The Labute approximate surface area is 248 Å². The predicted octanol–water partition coefficient (Wildman–Crippen LogP) is 6.56. The molecule has 1 aliphatic heterocycles. The van der Waals surface area contributed by atoms with Gasteiger partial charge in [-0.05, 0) is 104 Å². The summed E-state index contributed by atoms with van der Waals surface area (Å²) in [5, 5.41) is 6.07. The van der Waals surface area contributed by atoms with E-state index in [1.807, 2.05) is 32.0 Å². The number of imide groups is 1. The lowest BCUT2D eigenvalue weighted by Crippen LogP contribution is -2.32. The van der Waals surface area contributed by atoms with E-state index in [0.717, 1.165) is 20.9 Å². The molecule has 5 rings (SSSR count). The Bertz CT molecular complexity index is 1700. The highest BCUT2D eigenvalue weighted by atomic mass is 32.2. The zero-order chi connectivity index (χ0) is 29.8. The Morgan fingerprint density at radius 2 is 1.43 bits per heavy atom. The van der Waals surface area contributed by atoms with Gasteiger partial charge in [-0.2, -0.15) is 0 Å². The quantitative estimate of drug-likeness (QED) is 0.217. The summed E-state index contributed by atoms with van der Waals surface area (Å²) in [7, 11) is 3.10. The van der Waals surface area contributed by atoms with Crippen molar-refractivity contribution in [3.63, 3.8) is 0 Å². The number of benzene rings is 4. The van der Waals surface area contributed by atoms with E-state index in [0.29, 0.717) is 34.1 Å². The van der Waals surface area contributed by atoms with Crippen LogP contribution in [0, 0.1) is 13.8 Å². The first-order chi connectivity index (χ1) is 20.3. The Morgan fingerprint density at radius 3 is 2.10 bits per heavy atom. The number of nitrogens with zero attached hydrogens (tertiary/aromatic N) is 1. The molecule has 0 atom stereocenters. The molecule has 8 nitrogen and oxygen atoms in total. The molecule has 4 aromatic rings. The molecule has 0 unspecified atom stereocenters. The average Bonchev–Trinajstić information content (AvgIpc) is 3.23. The second-order valence-electron chi connectivity index (χ2n) is 9.58. The smallest absolute Gasteiger partial charge is 0.283 e. The molecular formula is C33H29N3O5S. The summed E-state index contributed by atoms with van der Waals surface area (Å²) in [4.78, 5) is 42.2. The number of rotatable bonds is 9. The first kappa shape index (κ1) is 28.5. The van der Waals surface area contributed by atoms with Crippen molar-refractivity contribution >= 4 is 46.5 Å². The van der Waals surface area contributed by atoms with Crippen LogP contribution in [0.25, 0.3) is 0 Å². The Balaban J connectivity index is 1.41. The van der Waals surface area contributed by atoms with Crippen molar-refractivity contribution in [1.29, 1.82) is 0 Å². The fraction of sp³-hybridized carbons (Fsp3) is 0.121. The van der Waals surface area contributed by atoms with Gasteiger partial charge >= 0.3 is 0 Å². The number of ether oxygens (including phenoxy) is 2. The minimum absolute atomic E-state index is 0.194. The van der Waals surface area contributed by atoms with Gasteiger partial charge in [-0.3, -0.25) is 14.4 Å². The van der Waals surface area contributed by atoms with Crippen LogP contribution in [0.2, 0.25) is 0 Å². The monoisotopic (exact) mass is 579 g/mol. The van der Waals surface area contributed by atoms with E-state index in [-0.39, 0.29) is 16.5 Å². The Kier molecular flexibility index (Phi) is 8.31. The lowest BCUT2D eigenvalue weighted by atomic mass is 10.1. The van der Waals surface area contributed by atoms with Gasteiger partial charge in [0, 0.05) is 21.8 Å². The molecule has 0 fully saturated rings.